The quantitative estimate of drug-likeness (QED) is 0.820. The van der Waals surface area contributed by atoms with Crippen LogP contribution in [0.1, 0.15) is 18.4 Å². The minimum Gasteiger partial charge on any atom is -0.383 e. The molecule has 0 aliphatic carbocycles. The summed E-state index contributed by atoms with van der Waals surface area (Å²) in [5.74, 6) is 0.0252. The highest BCUT2D eigenvalue weighted by Gasteiger charge is 2.33. The lowest BCUT2D eigenvalue weighted by Gasteiger charge is -2.28. The smallest absolute Gasteiger partial charge is 0.224 e. The van der Waals surface area contributed by atoms with Crippen LogP contribution in [-0.4, -0.2) is 43.2 Å². The lowest BCUT2D eigenvalue weighted by atomic mass is 9.98. The molecule has 112 valence electrons. The van der Waals surface area contributed by atoms with Gasteiger partial charge in [-0.15, -0.1) is 12.4 Å². The number of amides is 1. The molecule has 1 aliphatic heterocycles. The van der Waals surface area contributed by atoms with Crippen molar-refractivity contribution < 1.29 is 9.53 Å². The Kier molecular flexibility index (Phi) is 6.91. The van der Waals surface area contributed by atoms with Crippen molar-refractivity contribution in [2.75, 3.05) is 26.8 Å². The first-order valence-corrected chi connectivity index (χ1v) is 6.64. The van der Waals surface area contributed by atoms with E-state index in [1.807, 2.05) is 12.1 Å². The van der Waals surface area contributed by atoms with Crippen LogP contribution in [0.5, 0.6) is 0 Å². The molecule has 5 nitrogen and oxygen atoms in total. The molecule has 2 rings (SSSR count). The summed E-state index contributed by atoms with van der Waals surface area (Å²) in [6.07, 6.45) is 5.96. The van der Waals surface area contributed by atoms with E-state index in [4.69, 9.17) is 4.74 Å². The molecule has 1 saturated heterocycles. The minimum atomic E-state index is -0.0979. The molecule has 2 N–H and O–H groups in total. The van der Waals surface area contributed by atoms with E-state index in [2.05, 4.69) is 15.6 Å². The summed E-state index contributed by atoms with van der Waals surface area (Å²) in [6, 6.07) is 3.75. The SMILES string of the molecule is COCC1(CNC(=O)Cc2cccnc2)CCCN1.Cl. The van der Waals surface area contributed by atoms with E-state index in [9.17, 15) is 4.79 Å². The fourth-order valence-corrected chi connectivity index (χ4v) is 2.49. The molecule has 1 aromatic heterocycles. The normalized spacial score (nSPS) is 21.2. The molecule has 1 aromatic rings. The number of methoxy groups -OCH3 is 1. The Labute approximate surface area is 125 Å². The third-order valence-corrected chi connectivity index (χ3v) is 3.46. The van der Waals surface area contributed by atoms with E-state index in [0.29, 0.717) is 19.6 Å². The molecule has 1 atom stereocenters. The largest absolute Gasteiger partial charge is 0.383 e. The first-order valence-electron chi connectivity index (χ1n) is 6.64. The molecule has 0 saturated carbocycles. The summed E-state index contributed by atoms with van der Waals surface area (Å²) in [7, 11) is 1.69. The van der Waals surface area contributed by atoms with E-state index in [1.165, 1.54) is 0 Å². The average molecular weight is 300 g/mol. The van der Waals surface area contributed by atoms with E-state index >= 15 is 0 Å². The highest BCUT2D eigenvalue weighted by atomic mass is 35.5. The third kappa shape index (κ3) is 4.74. The van der Waals surface area contributed by atoms with Crippen molar-refractivity contribution in [3.05, 3.63) is 30.1 Å². The summed E-state index contributed by atoms with van der Waals surface area (Å²) < 4.78 is 5.26. The fourth-order valence-electron chi connectivity index (χ4n) is 2.49. The molecule has 6 heteroatoms. The van der Waals surface area contributed by atoms with Crippen molar-refractivity contribution in [2.24, 2.45) is 0 Å². The van der Waals surface area contributed by atoms with Gasteiger partial charge < -0.3 is 15.4 Å². The maximum Gasteiger partial charge on any atom is 0.224 e. The van der Waals surface area contributed by atoms with Gasteiger partial charge in [0, 0.05) is 26.0 Å². The molecule has 0 radical (unpaired) electrons. The van der Waals surface area contributed by atoms with Gasteiger partial charge in [0.05, 0.1) is 18.6 Å². The summed E-state index contributed by atoms with van der Waals surface area (Å²) in [4.78, 5) is 15.9. The van der Waals surface area contributed by atoms with Crippen LogP contribution >= 0.6 is 12.4 Å². The van der Waals surface area contributed by atoms with Crippen LogP contribution in [0, 0.1) is 0 Å². The predicted octanol–water partition coefficient (Wildman–Crippen LogP) is 0.931. The Balaban J connectivity index is 0.00000200. The van der Waals surface area contributed by atoms with Crippen LogP contribution in [0.2, 0.25) is 0 Å². The minimum absolute atomic E-state index is 0. The van der Waals surface area contributed by atoms with Gasteiger partial charge in [-0.25, -0.2) is 0 Å². The van der Waals surface area contributed by atoms with E-state index < -0.39 is 0 Å². The number of ether oxygens (including phenoxy) is 1. The average Bonchev–Trinajstić information content (AvgIpc) is 2.87. The van der Waals surface area contributed by atoms with Gasteiger partial charge >= 0.3 is 0 Å². The van der Waals surface area contributed by atoms with E-state index in [1.54, 1.807) is 19.5 Å². The van der Waals surface area contributed by atoms with Crippen LogP contribution in [0.4, 0.5) is 0 Å². The topological polar surface area (TPSA) is 63.2 Å². The second-order valence-corrected chi connectivity index (χ2v) is 5.06. The molecular weight excluding hydrogens is 278 g/mol. The van der Waals surface area contributed by atoms with Crippen LogP contribution in [-0.2, 0) is 16.0 Å². The Morgan fingerprint density at radius 2 is 2.45 bits per heavy atom. The van der Waals surface area contributed by atoms with Crippen LogP contribution in [0.15, 0.2) is 24.5 Å². The van der Waals surface area contributed by atoms with Crippen molar-refractivity contribution >= 4 is 18.3 Å². The summed E-state index contributed by atoms with van der Waals surface area (Å²) in [6.45, 7) is 2.22. The summed E-state index contributed by atoms with van der Waals surface area (Å²) >= 11 is 0. The molecule has 1 fully saturated rings. The monoisotopic (exact) mass is 299 g/mol. The number of rotatable bonds is 6. The predicted molar refractivity (Wildman–Crippen MR) is 80.0 cm³/mol. The Morgan fingerprint density at radius 1 is 1.60 bits per heavy atom. The van der Waals surface area contributed by atoms with Gasteiger partial charge in [0.2, 0.25) is 5.91 Å². The standard InChI is InChI=1S/C14H21N3O2.ClH/c1-19-11-14(5-3-7-17-14)10-16-13(18)8-12-4-2-6-15-9-12;/h2,4,6,9,17H,3,5,7-8,10-11H2,1H3,(H,16,18);1H. The van der Waals surface area contributed by atoms with Crippen molar-refractivity contribution in [1.82, 2.24) is 15.6 Å². The van der Waals surface area contributed by atoms with Gasteiger partial charge in [0.15, 0.2) is 0 Å². The van der Waals surface area contributed by atoms with E-state index in [-0.39, 0.29) is 23.9 Å². The maximum atomic E-state index is 11.9. The molecule has 0 bridgehead atoms. The van der Waals surface area contributed by atoms with Crippen molar-refractivity contribution in [2.45, 2.75) is 24.8 Å². The zero-order chi connectivity index (χ0) is 13.6. The fraction of sp³-hybridized carbons (Fsp3) is 0.571. The number of carbonyl (C=O) groups excluding carboxylic acids is 1. The van der Waals surface area contributed by atoms with Crippen molar-refractivity contribution in [1.29, 1.82) is 0 Å². The van der Waals surface area contributed by atoms with Crippen LogP contribution in [0.3, 0.4) is 0 Å². The zero-order valence-corrected chi connectivity index (χ0v) is 12.5. The first-order chi connectivity index (χ1) is 9.24. The van der Waals surface area contributed by atoms with Crippen molar-refractivity contribution in [3.8, 4) is 0 Å². The number of aromatic nitrogens is 1. The maximum absolute atomic E-state index is 11.9. The molecule has 20 heavy (non-hydrogen) atoms. The molecule has 0 aromatic carbocycles. The highest BCUT2D eigenvalue weighted by Crippen LogP contribution is 2.18. The van der Waals surface area contributed by atoms with Gasteiger partial charge in [0.1, 0.15) is 0 Å². The molecular formula is C14H22ClN3O2. The number of nitrogens with one attached hydrogen (secondary N) is 2. The van der Waals surface area contributed by atoms with Gasteiger partial charge in [-0.2, -0.15) is 0 Å². The first kappa shape index (κ1) is 16.9. The highest BCUT2D eigenvalue weighted by molar-refractivity contribution is 5.85. The van der Waals surface area contributed by atoms with Gasteiger partial charge in [0.25, 0.3) is 0 Å². The van der Waals surface area contributed by atoms with E-state index in [0.717, 1.165) is 24.9 Å². The molecule has 0 spiro atoms. The molecule has 1 aliphatic rings. The Hall–Kier alpha value is -1.17. The second-order valence-electron chi connectivity index (χ2n) is 5.06. The van der Waals surface area contributed by atoms with Crippen molar-refractivity contribution in [3.63, 3.8) is 0 Å². The molecule has 1 amide bonds. The van der Waals surface area contributed by atoms with Crippen LogP contribution in [0.25, 0.3) is 0 Å². The number of nitrogens with zero attached hydrogens (tertiary/aromatic N) is 1. The Morgan fingerprint density at radius 3 is 3.05 bits per heavy atom. The van der Waals surface area contributed by atoms with Gasteiger partial charge in [-0.05, 0) is 31.0 Å². The molecule has 1 unspecified atom stereocenters. The zero-order valence-electron chi connectivity index (χ0n) is 11.7. The second kappa shape index (κ2) is 8.19. The number of hydrogen-bond donors (Lipinski definition) is 2. The lowest BCUT2D eigenvalue weighted by Crippen LogP contribution is -2.53. The number of halogens is 1. The molecule has 2 heterocycles. The van der Waals surface area contributed by atoms with Gasteiger partial charge in [-0.3, -0.25) is 9.78 Å². The third-order valence-electron chi connectivity index (χ3n) is 3.46. The van der Waals surface area contributed by atoms with Crippen LogP contribution < -0.4 is 10.6 Å². The van der Waals surface area contributed by atoms with Gasteiger partial charge in [-0.1, -0.05) is 6.07 Å². The number of pyridine rings is 1. The Bertz CT molecular complexity index is 408. The summed E-state index contributed by atoms with van der Waals surface area (Å²) in [5, 5.41) is 6.43. The lowest BCUT2D eigenvalue weighted by molar-refractivity contribution is -0.120. The number of carbonyl (C=O) groups is 1. The summed E-state index contributed by atoms with van der Waals surface area (Å²) in [5.41, 5.74) is 0.833. The number of hydrogen-bond acceptors (Lipinski definition) is 4.